The highest BCUT2D eigenvalue weighted by atomic mass is 31.2. The van der Waals surface area contributed by atoms with Crippen LogP contribution >= 0.6 is 7.82 Å². The smallest absolute Gasteiger partial charge is 0.462 e. The lowest BCUT2D eigenvalue weighted by Gasteiger charge is -2.19. The fraction of sp³-hybridized carbons (Fsp3) is 0.723. The third-order valence-corrected chi connectivity index (χ3v) is 14.0. The van der Waals surface area contributed by atoms with Crippen molar-refractivity contribution in [3.05, 3.63) is 97.2 Å². The molecule has 75 heavy (non-hydrogen) atoms. The van der Waals surface area contributed by atoms with E-state index in [1.165, 1.54) is 148 Å². The van der Waals surface area contributed by atoms with Crippen LogP contribution in [0.4, 0.5) is 0 Å². The van der Waals surface area contributed by atoms with Crippen LogP contribution in [0.2, 0.25) is 0 Å². The van der Waals surface area contributed by atoms with Crippen molar-refractivity contribution >= 4 is 19.8 Å². The Balaban J connectivity index is 3.93. The molecule has 0 aromatic heterocycles. The molecule has 0 aromatic rings. The molecular weight excluding hydrogens is 954 g/mol. The van der Waals surface area contributed by atoms with Crippen molar-refractivity contribution in [1.82, 2.24) is 0 Å². The van der Waals surface area contributed by atoms with E-state index in [0.29, 0.717) is 6.42 Å². The molecule has 9 nitrogen and oxygen atoms in total. The Morgan fingerprint density at radius 2 is 0.733 bits per heavy atom. The second-order valence-electron chi connectivity index (χ2n) is 20.2. The number of esters is 2. The van der Waals surface area contributed by atoms with E-state index >= 15 is 0 Å². The highest BCUT2D eigenvalue weighted by molar-refractivity contribution is 7.47. The van der Waals surface area contributed by atoms with E-state index in [2.05, 4.69) is 111 Å². The van der Waals surface area contributed by atoms with Gasteiger partial charge in [0, 0.05) is 19.4 Å². The zero-order valence-electron chi connectivity index (χ0n) is 48.3. The first-order chi connectivity index (χ1) is 36.8. The fourth-order valence-electron chi connectivity index (χ4n) is 8.48. The van der Waals surface area contributed by atoms with E-state index in [1.807, 2.05) is 0 Å². The van der Waals surface area contributed by atoms with Gasteiger partial charge in [0.15, 0.2) is 6.10 Å². The first kappa shape index (κ1) is 71.9. The quantitative estimate of drug-likeness (QED) is 0.0264. The van der Waals surface area contributed by atoms with E-state index in [-0.39, 0.29) is 38.6 Å². The standard InChI is InChI=1S/C65H114NO8P/c1-3-5-7-9-11-13-15-17-19-21-22-23-24-25-26-27-28-29-30-31-32-33-34-35-36-37-38-39-40-42-44-46-48-50-52-54-56-58-65(68)74-63(62-73-75(69,70)72-60-59-66)61-71-64(67)57-55-53-51-49-47-45-43-41-20-18-16-14-12-10-8-6-4-2/h5,7,11,13,17,19,22-23,25-26,28-29,31-32,34-35,63H,3-4,6,8-10,12,14-16,18,20-21,24,27,30,33,36-62,66H2,1-2H3,(H,69,70)/b7-5-,13-11-,19-17-,23-22-,26-25-,29-28-,32-31-,35-34-. The van der Waals surface area contributed by atoms with Crippen LogP contribution in [0, 0.1) is 0 Å². The van der Waals surface area contributed by atoms with Gasteiger partial charge in [0.2, 0.25) is 0 Å². The van der Waals surface area contributed by atoms with Gasteiger partial charge in [-0.3, -0.25) is 18.6 Å². The summed E-state index contributed by atoms with van der Waals surface area (Å²) >= 11 is 0. The highest BCUT2D eigenvalue weighted by Crippen LogP contribution is 2.43. The molecule has 432 valence electrons. The Hall–Kier alpha value is -3.07. The summed E-state index contributed by atoms with van der Waals surface area (Å²) in [5.74, 6) is -0.823. The Labute approximate surface area is 461 Å². The summed E-state index contributed by atoms with van der Waals surface area (Å²) in [6.07, 6.45) is 80.4. The van der Waals surface area contributed by atoms with Gasteiger partial charge in [-0.1, -0.05) is 278 Å². The molecule has 0 aliphatic rings. The van der Waals surface area contributed by atoms with Gasteiger partial charge in [0.25, 0.3) is 0 Å². The second-order valence-corrected chi connectivity index (χ2v) is 21.7. The van der Waals surface area contributed by atoms with Crippen LogP contribution in [0.5, 0.6) is 0 Å². The molecule has 2 unspecified atom stereocenters. The minimum atomic E-state index is -4.39. The normalized spacial score (nSPS) is 13.7. The average Bonchev–Trinajstić information content (AvgIpc) is 3.40. The van der Waals surface area contributed by atoms with Gasteiger partial charge < -0.3 is 20.1 Å². The van der Waals surface area contributed by atoms with Crippen LogP contribution in [0.3, 0.4) is 0 Å². The lowest BCUT2D eigenvalue weighted by molar-refractivity contribution is -0.161. The topological polar surface area (TPSA) is 134 Å². The number of nitrogens with two attached hydrogens (primary N) is 1. The molecule has 0 rings (SSSR count). The van der Waals surface area contributed by atoms with Crippen LogP contribution in [0.15, 0.2) is 97.2 Å². The van der Waals surface area contributed by atoms with Crippen LogP contribution < -0.4 is 5.73 Å². The van der Waals surface area contributed by atoms with Crippen molar-refractivity contribution in [2.75, 3.05) is 26.4 Å². The number of phosphoric ester groups is 1. The SMILES string of the molecule is CC/C=C\C/C=C\C/C=C\C/C=C\C/C=C\C/C=C\C/C=C\C/C=C\CCCCCCCCCCCCCCC(=O)OC(COC(=O)CCCCCCCCCCCCCCCCCCC)COP(=O)(O)OCCN. The van der Waals surface area contributed by atoms with Crippen LogP contribution in [-0.2, 0) is 32.7 Å². The molecule has 0 amide bonds. The molecule has 2 atom stereocenters. The predicted molar refractivity (Wildman–Crippen MR) is 321 cm³/mol. The summed E-state index contributed by atoms with van der Waals surface area (Å²) in [4.78, 5) is 35.2. The predicted octanol–water partition coefficient (Wildman–Crippen LogP) is 19.6. The van der Waals surface area contributed by atoms with Gasteiger partial charge in [0.05, 0.1) is 13.2 Å². The number of allylic oxidation sites excluding steroid dienone is 16. The van der Waals surface area contributed by atoms with Gasteiger partial charge in [-0.05, 0) is 77.0 Å². The largest absolute Gasteiger partial charge is 0.472 e. The van der Waals surface area contributed by atoms with Crippen molar-refractivity contribution in [2.24, 2.45) is 5.73 Å². The van der Waals surface area contributed by atoms with E-state index < -0.39 is 26.5 Å². The third kappa shape index (κ3) is 60.0. The monoisotopic (exact) mass is 1070 g/mol. The molecule has 0 heterocycles. The molecule has 0 fully saturated rings. The minimum absolute atomic E-state index is 0.0513. The molecule has 0 radical (unpaired) electrons. The maximum Gasteiger partial charge on any atom is 0.472 e. The van der Waals surface area contributed by atoms with Crippen LogP contribution in [-0.4, -0.2) is 49.3 Å². The number of ether oxygens (including phenoxy) is 2. The number of phosphoric acid groups is 1. The Bertz CT molecular complexity index is 1550. The molecule has 0 saturated carbocycles. The fourth-order valence-corrected chi connectivity index (χ4v) is 9.24. The van der Waals surface area contributed by atoms with E-state index in [9.17, 15) is 19.0 Å². The number of hydrogen-bond donors (Lipinski definition) is 2. The molecule has 10 heteroatoms. The first-order valence-electron chi connectivity index (χ1n) is 30.7. The van der Waals surface area contributed by atoms with Gasteiger partial charge in [-0.2, -0.15) is 0 Å². The second kappa shape index (κ2) is 60.2. The lowest BCUT2D eigenvalue weighted by Crippen LogP contribution is -2.29. The lowest BCUT2D eigenvalue weighted by atomic mass is 10.0. The zero-order valence-corrected chi connectivity index (χ0v) is 49.2. The molecular formula is C65H114NO8P. The van der Waals surface area contributed by atoms with Gasteiger partial charge >= 0.3 is 19.8 Å². The van der Waals surface area contributed by atoms with Crippen LogP contribution in [0.25, 0.3) is 0 Å². The summed E-state index contributed by atoms with van der Waals surface area (Å²) < 4.78 is 33.0. The first-order valence-corrected chi connectivity index (χ1v) is 32.2. The van der Waals surface area contributed by atoms with Crippen molar-refractivity contribution in [2.45, 2.75) is 277 Å². The number of carbonyl (C=O) groups is 2. The third-order valence-electron chi connectivity index (χ3n) is 13.0. The Morgan fingerprint density at radius 1 is 0.413 bits per heavy atom. The molecule has 0 spiro atoms. The van der Waals surface area contributed by atoms with Gasteiger partial charge in [-0.25, -0.2) is 4.57 Å². The van der Waals surface area contributed by atoms with E-state index in [0.717, 1.165) is 89.9 Å². The van der Waals surface area contributed by atoms with E-state index in [4.69, 9.17) is 24.3 Å². The summed E-state index contributed by atoms with van der Waals surface area (Å²) in [5, 5.41) is 0. The summed E-state index contributed by atoms with van der Waals surface area (Å²) in [7, 11) is -4.39. The summed E-state index contributed by atoms with van der Waals surface area (Å²) in [5.41, 5.74) is 5.38. The zero-order chi connectivity index (χ0) is 54.5. The summed E-state index contributed by atoms with van der Waals surface area (Å²) in [6, 6.07) is 0. The molecule has 3 N–H and O–H groups in total. The number of carbonyl (C=O) groups excluding carboxylic acids is 2. The van der Waals surface area contributed by atoms with Crippen molar-refractivity contribution in [3.8, 4) is 0 Å². The Kier molecular flexibility index (Phi) is 57.7. The van der Waals surface area contributed by atoms with Crippen molar-refractivity contribution < 1.29 is 37.6 Å². The molecule has 0 bridgehead atoms. The van der Waals surface area contributed by atoms with Gasteiger partial charge in [0.1, 0.15) is 6.61 Å². The number of rotatable bonds is 57. The molecule has 0 aromatic carbocycles. The minimum Gasteiger partial charge on any atom is -0.462 e. The molecule has 0 aliphatic heterocycles. The Morgan fingerprint density at radius 3 is 1.09 bits per heavy atom. The molecule has 0 aliphatic carbocycles. The number of hydrogen-bond acceptors (Lipinski definition) is 8. The molecule has 0 saturated heterocycles. The van der Waals surface area contributed by atoms with Crippen molar-refractivity contribution in [3.63, 3.8) is 0 Å². The maximum absolute atomic E-state index is 12.7. The number of unbranched alkanes of at least 4 members (excludes halogenated alkanes) is 28. The maximum atomic E-state index is 12.7. The average molecular weight is 1070 g/mol. The van der Waals surface area contributed by atoms with Crippen LogP contribution in [0.1, 0.15) is 271 Å². The highest BCUT2D eigenvalue weighted by Gasteiger charge is 2.26. The van der Waals surface area contributed by atoms with Crippen molar-refractivity contribution in [1.29, 1.82) is 0 Å². The van der Waals surface area contributed by atoms with E-state index in [1.54, 1.807) is 0 Å². The van der Waals surface area contributed by atoms with Gasteiger partial charge in [-0.15, -0.1) is 0 Å². The summed E-state index contributed by atoms with van der Waals surface area (Å²) in [6.45, 7) is 3.65.